The third-order valence-corrected chi connectivity index (χ3v) is 5.80. The van der Waals surface area contributed by atoms with Crippen molar-refractivity contribution < 1.29 is 14.6 Å². The lowest BCUT2D eigenvalue weighted by molar-refractivity contribution is -0.142. The second-order valence-corrected chi connectivity index (χ2v) is 7.89. The first-order valence-corrected chi connectivity index (χ1v) is 10.4. The van der Waals surface area contributed by atoms with Crippen LogP contribution in [0.15, 0.2) is 60.8 Å². The molecule has 4 aromatic rings. The van der Waals surface area contributed by atoms with Gasteiger partial charge in [-0.25, -0.2) is 4.98 Å². The third kappa shape index (κ3) is 3.49. The summed E-state index contributed by atoms with van der Waals surface area (Å²) in [7, 11) is 1.63. The van der Waals surface area contributed by atoms with Gasteiger partial charge in [-0.1, -0.05) is 30.3 Å². The highest BCUT2D eigenvalue weighted by Gasteiger charge is 2.32. The van der Waals surface area contributed by atoms with Gasteiger partial charge in [0.25, 0.3) is 0 Å². The number of ether oxygens (including phenoxy) is 1. The van der Waals surface area contributed by atoms with Crippen LogP contribution in [0.2, 0.25) is 0 Å². The van der Waals surface area contributed by atoms with E-state index in [2.05, 4.69) is 15.2 Å². The fourth-order valence-electron chi connectivity index (χ4n) is 3.99. The average Bonchev–Trinajstić information content (AvgIpc) is 3.24. The number of benzene rings is 2. The zero-order valence-corrected chi connectivity index (χ0v) is 17.5. The normalized spacial score (nSPS) is 14.9. The van der Waals surface area contributed by atoms with Crippen LogP contribution in [0.3, 0.4) is 0 Å². The topological polar surface area (TPSA) is 117 Å². The van der Waals surface area contributed by atoms with Crippen molar-refractivity contribution >= 4 is 16.9 Å². The average molecular weight is 429 g/mol. The van der Waals surface area contributed by atoms with E-state index in [-0.39, 0.29) is 5.91 Å². The third-order valence-electron chi connectivity index (χ3n) is 5.80. The minimum absolute atomic E-state index is 0.186. The molecule has 0 bridgehead atoms. The molecule has 1 aliphatic heterocycles. The summed E-state index contributed by atoms with van der Waals surface area (Å²) < 4.78 is 5.50. The molecule has 1 unspecified atom stereocenters. The largest absolute Gasteiger partial charge is 0.496 e. The molecule has 32 heavy (non-hydrogen) atoms. The number of para-hydroxylation sites is 1. The zero-order chi connectivity index (χ0) is 22.2. The summed E-state index contributed by atoms with van der Waals surface area (Å²) in [4.78, 5) is 18.7. The number of aliphatic hydroxyl groups is 1. The molecule has 0 saturated carbocycles. The minimum atomic E-state index is -0.780. The number of nitrogens with one attached hydrogen (secondary N) is 1. The van der Waals surface area contributed by atoms with Crippen molar-refractivity contribution in [3.05, 3.63) is 66.4 Å². The van der Waals surface area contributed by atoms with Gasteiger partial charge in [-0.15, -0.1) is 0 Å². The quantitative estimate of drug-likeness (QED) is 0.449. The number of pyridine rings is 1. The number of carbonyl (C=O) groups excluding carboxylic acids is 1. The Labute approximate surface area is 184 Å². The number of hydrogen-bond donors (Lipinski definition) is 3. The molecule has 1 amide bonds. The van der Waals surface area contributed by atoms with Gasteiger partial charge in [-0.2, -0.15) is 5.10 Å². The first-order valence-electron chi connectivity index (χ1n) is 10.4. The summed E-state index contributed by atoms with van der Waals surface area (Å²) in [6, 6.07) is 16.5. The molecule has 1 fully saturated rings. The van der Waals surface area contributed by atoms with Crippen molar-refractivity contribution in [2.45, 2.75) is 12.1 Å². The van der Waals surface area contributed by atoms with E-state index < -0.39 is 12.1 Å². The fraction of sp³-hybridized carbons (Fsp3) is 0.208. The monoisotopic (exact) mass is 429 g/mol. The Balaban J connectivity index is 1.50. The number of aromatic nitrogens is 3. The highest BCUT2D eigenvalue weighted by Crippen LogP contribution is 2.34. The summed E-state index contributed by atoms with van der Waals surface area (Å²) >= 11 is 0. The number of likely N-dealkylation sites (tertiary alicyclic amines) is 1. The van der Waals surface area contributed by atoms with E-state index in [4.69, 9.17) is 10.5 Å². The van der Waals surface area contributed by atoms with Gasteiger partial charge in [0.05, 0.1) is 13.2 Å². The van der Waals surface area contributed by atoms with Gasteiger partial charge < -0.3 is 20.5 Å². The number of H-pyrrole nitrogens is 1. The van der Waals surface area contributed by atoms with Crippen LogP contribution < -0.4 is 10.5 Å². The summed E-state index contributed by atoms with van der Waals surface area (Å²) in [6.07, 6.45) is 1.31. The van der Waals surface area contributed by atoms with E-state index in [1.165, 1.54) is 0 Å². The zero-order valence-electron chi connectivity index (χ0n) is 17.5. The Kier molecular flexibility index (Phi) is 5.08. The number of hydrogen-bond acceptors (Lipinski definition) is 6. The van der Waals surface area contributed by atoms with E-state index in [9.17, 15) is 9.90 Å². The fourth-order valence-corrected chi connectivity index (χ4v) is 3.99. The number of aliphatic hydroxyl groups excluding tert-OH is 1. The number of rotatable bonds is 5. The molecular formula is C24H23N5O3. The Morgan fingerprint density at radius 2 is 2.00 bits per heavy atom. The summed E-state index contributed by atoms with van der Waals surface area (Å²) in [6.45, 7) is 0.665. The molecule has 3 heterocycles. The van der Waals surface area contributed by atoms with Crippen molar-refractivity contribution in [1.29, 1.82) is 0 Å². The molecule has 0 spiro atoms. The molecular weight excluding hydrogens is 406 g/mol. The van der Waals surface area contributed by atoms with Crippen LogP contribution in [0.25, 0.3) is 33.4 Å². The molecule has 5 rings (SSSR count). The molecule has 2 aromatic carbocycles. The van der Waals surface area contributed by atoms with Crippen LogP contribution >= 0.6 is 0 Å². The molecule has 0 radical (unpaired) electrons. The molecule has 162 valence electrons. The van der Waals surface area contributed by atoms with Crippen molar-refractivity contribution in [3.63, 3.8) is 0 Å². The van der Waals surface area contributed by atoms with Gasteiger partial charge in [0.2, 0.25) is 5.91 Å². The van der Waals surface area contributed by atoms with Gasteiger partial charge in [0, 0.05) is 35.8 Å². The first kappa shape index (κ1) is 20.2. The smallest absolute Gasteiger partial charge is 0.244 e. The predicted octanol–water partition coefficient (Wildman–Crippen LogP) is 2.50. The highest BCUT2D eigenvalue weighted by molar-refractivity contribution is 5.95. The number of nitrogens with two attached hydrogens (primary N) is 1. The van der Waals surface area contributed by atoms with E-state index in [1.807, 2.05) is 54.6 Å². The van der Waals surface area contributed by atoms with E-state index in [1.54, 1.807) is 18.2 Å². The summed E-state index contributed by atoms with van der Waals surface area (Å²) in [5.74, 6) is 0.545. The van der Waals surface area contributed by atoms with Gasteiger partial charge in [0.1, 0.15) is 17.5 Å². The highest BCUT2D eigenvalue weighted by atomic mass is 16.5. The number of carbonyl (C=O) groups is 1. The lowest BCUT2D eigenvalue weighted by Gasteiger charge is -2.37. The van der Waals surface area contributed by atoms with Gasteiger partial charge in [-0.3, -0.25) is 9.89 Å². The maximum absolute atomic E-state index is 12.6. The second-order valence-electron chi connectivity index (χ2n) is 7.89. The predicted molar refractivity (Wildman–Crippen MR) is 121 cm³/mol. The maximum Gasteiger partial charge on any atom is 0.244 e. The van der Waals surface area contributed by atoms with Crippen molar-refractivity contribution in [3.8, 4) is 28.1 Å². The van der Waals surface area contributed by atoms with Crippen LogP contribution in [0.4, 0.5) is 0 Å². The maximum atomic E-state index is 12.6. The molecule has 0 aliphatic carbocycles. The van der Waals surface area contributed by atoms with Gasteiger partial charge in [0.15, 0.2) is 5.65 Å². The van der Waals surface area contributed by atoms with E-state index in [0.29, 0.717) is 24.3 Å². The number of β-amino-alcohol motifs (C(OH)–C–C–N with tert-alkyl or cyclic N) is 1. The second kappa shape index (κ2) is 8.07. The minimum Gasteiger partial charge on any atom is -0.496 e. The number of nitrogens with zero attached hydrogens (tertiary/aromatic N) is 3. The Hall–Kier alpha value is -3.75. The van der Waals surface area contributed by atoms with Crippen LogP contribution in [-0.4, -0.2) is 57.4 Å². The number of fused-ring (bicyclic) bond motifs is 1. The molecule has 8 heteroatoms. The molecule has 1 saturated heterocycles. The SMILES string of the molecule is COc1ccccc1-c1n[nH]c2ncc(-c3cccc(C(N)C(=O)N4CC(O)C4)c3)cc12. The summed E-state index contributed by atoms with van der Waals surface area (Å²) in [5, 5.41) is 17.8. The molecule has 1 aliphatic rings. The van der Waals surface area contributed by atoms with Gasteiger partial charge >= 0.3 is 0 Å². The Morgan fingerprint density at radius 3 is 2.78 bits per heavy atom. The van der Waals surface area contributed by atoms with Crippen LogP contribution in [0.5, 0.6) is 5.75 Å². The van der Waals surface area contributed by atoms with Crippen molar-refractivity contribution in [2.75, 3.05) is 20.2 Å². The van der Waals surface area contributed by atoms with Crippen molar-refractivity contribution in [2.24, 2.45) is 5.73 Å². The van der Waals surface area contributed by atoms with Gasteiger partial charge in [-0.05, 0) is 35.4 Å². The van der Waals surface area contributed by atoms with Crippen LogP contribution in [0.1, 0.15) is 11.6 Å². The molecule has 1 atom stereocenters. The van der Waals surface area contributed by atoms with E-state index in [0.717, 1.165) is 33.5 Å². The number of amides is 1. The molecule has 4 N–H and O–H groups in total. The lowest BCUT2D eigenvalue weighted by atomic mass is 9.98. The van der Waals surface area contributed by atoms with Crippen molar-refractivity contribution in [1.82, 2.24) is 20.1 Å². The first-order chi connectivity index (χ1) is 15.5. The molecule has 8 nitrogen and oxygen atoms in total. The van der Waals surface area contributed by atoms with Crippen LogP contribution in [-0.2, 0) is 4.79 Å². The van der Waals surface area contributed by atoms with Crippen LogP contribution in [0, 0.1) is 0 Å². The standard InChI is InChI=1S/C24H23N5O3/c1-32-20-8-3-2-7-18(20)22-19-10-16(11-26-23(19)28-27-22)14-5-4-6-15(9-14)21(25)24(31)29-12-17(30)13-29/h2-11,17,21,30H,12-13,25H2,1H3,(H,26,27,28). The summed E-state index contributed by atoms with van der Waals surface area (Å²) in [5.41, 5.74) is 11.0. The number of methoxy groups -OCH3 is 1. The Bertz CT molecular complexity index is 1300. The van der Waals surface area contributed by atoms with E-state index >= 15 is 0 Å². The molecule has 2 aromatic heterocycles. The number of aromatic amines is 1. The Morgan fingerprint density at radius 1 is 1.19 bits per heavy atom. The lowest BCUT2D eigenvalue weighted by Crippen LogP contribution is -2.55.